The Balaban J connectivity index is 1.44. The van der Waals surface area contributed by atoms with Crippen molar-refractivity contribution in [2.75, 3.05) is 19.6 Å². The highest BCUT2D eigenvalue weighted by Gasteiger charge is 2.33. The van der Waals surface area contributed by atoms with Crippen molar-refractivity contribution in [2.45, 2.75) is 25.4 Å². The number of hydrogen-bond donors (Lipinski definition) is 1. The van der Waals surface area contributed by atoms with E-state index in [4.69, 9.17) is 0 Å². The largest absolute Gasteiger partial charge is 0.308 e. The van der Waals surface area contributed by atoms with Gasteiger partial charge < -0.3 is 10.2 Å². The van der Waals surface area contributed by atoms with Crippen molar-refractivity contribution < 1.29 is 0 Å². The Morgan fingerprint density at radius 1 is 1.32 bits per heavy atom. The van der Waals surface area contributed by atoms with Gasteiger partial charge in [-0.15, -0.1) is 0 Å². The van der Waals surface area contributed by atoms with Crippen molar-refractivity contribution in [3.8, 4) is 0 Å². The second-order valence-electron chi connectivity index (χ2n) is 5.82. The molecule has 3 nitrogen and oxygen atoms in total. The number of fused-ring (bicyclic) bond motifs is 4. The molecular weight excluding hydrogens is 254 g/mol. The molecule has 19 heavy (non-hydrogen) atoms. The third-order valence-corrected chi connectivity index (χ3v) is 5.41. The number of aromatic nitrogens is 1. The third kappa shape index (κ3) is 2.29. The van der Waals surface area contributed by atoms with Crippen molar-refractivity contribution in [1.82, 2.24) is 14.6 Å². The van der Waals surface area contributed by atoms with Gasteiger partial charge in [0.15, 0.2) is 0 Å². The zero-order valence-corrected chi connectivity index (χ0v) is 11.8. The summed E-state index contributed by atoms with van der Waals surface area (Å²) in [5.74, 6) is 0.900. The van der Waals surface area contributed by atoms with Gasteiger partial charge in [0.1, 0.15) is 0 Å². The van der Waals surface area contributed by atoms with E-state index in [1.807, 2.05) is 6.20 Å². The lowest BCUT2D eigenvalue weighted by atomic mass is 9.84. The number of benzene rings is 1. The highest BCUT2D eigenvalue weighted by Crippen LogP contribution is 2.28. The maximum Gasteiger partial charge on any atom is 0.0553 e. The minimum Gasteiger partial charge on any atom is -0.308 e. The van der Waals surface area contributed by atoms with Gasteiger partial charge in [-0.05, 0) is 55.0 Å². The molecule has 1 N–H and O–H groups in total. The van der Waals surface area contributed by atoms with Crippen LogP contribution >= 0.6 is 11.5 Å². The fourth-order valence-corrected chi connectivity index (χ4v) is 4.17. The quantitative estimate of drug-likeness (QED) is 0.931. The molecule has 3 saturated heterocycles. The van der Waals surface area contributed by atoms with Crippen LogP contribution in [0.4, 0.5) is 0 Å². The van der Waals surface area contributed by atoms with Gasteiger partial charge >= 0.3 is 0 Å². The molecule has 1 atom stereocenters. The molecule has 5 rings (SSSR count). The average molecular weight is 273 g/mol. The summed E-state index contributed by atoms with van der Waals surface area (Å²) in [7, 11) is 0. The molecule has 1 aromatic carbocycles. The Kier molecular flexibility index (Phi) is 3.02. The first kappa shape index (κ1) is 11.8. The van der Waals surface area contributed by atoms with Crippen LogP contribution in [0.3, 0.4) is 0 Å². The summed E-state index contributed by atoms with van der Waals surface area (Å²) in [5.41, 5.74) is 1.38. The van der Waals surface area contributed by atoms with E-state index in [1.165, 1.54) is 48.1 Å². The SMILES string of the molecule is c1cc2cnsc2cc1CNC1CN2CCC1CC2. The molecule has 3 fully saturated rings. The van der Waals surface area contributed by atoms with E-state index in [1.54, 1.807) is 11.5 Å². The molecule has 0 saturated carbocycles. The van der Waals surface area contributed by atoms with Gasteiger partial charge in [-0.1, -0.05) is 12.1 Å². The van der Waals surface area contributed by atoms with E-state index in [0.29, 0.717) is 6.04 Å². The van der Waals surface area contributed by atoms with Gasteiger partial charge in [0.05, 0.1) is 4.70 Å². The highest BCUT2D eigenvalue weighted by atomic mass is 32.1. The minimum absolute atomic E-state index is 0.694. The van der Waals surface area contributed by atoms with Crippen molar-refractivity contribution in [2.24, 2.45) is 5.92 Å². The molecule has 100 valence electrons. The second kappa shape index (κ2) is 4.85. The first-order valence-corrected chi connectivity index (χ1v) is 7.95. The molecule has 2 aromatic rings. The number of hydrogen-bond acceptors (Lipinski definition) is 4. The maximum atomic E-state index is 4.24. The van der Waals surface area contributed by atoms with Gasteiger partial charge in [0, 0.05) is 30.7 Å². The molecule has 4 heteroatoms. The second-order valence-corrected chi connectivity index (χ2v) is 6.66. The van der Waals surface area contributed by atoms with Crippen LogP contribution in [0.5, 0.6) is 0 Å². The molecular formula is C15H19N3S. The fraction of sp³-hybridized carbons (Fsp3) is 0.533. The van der Waals surface area contributed by atoms with Gasteiger partial charge in [-0.25, -0.2) is 0 Å². The molecule has 1 unspecified atom stereocenters. The fourth-order valence-electron chi connectivity index (χ4n) is 3.46. The van der Waals surface area contributed by atoms with Crippen LogP contribution in [0, 0.1) is 5.92 Å². The van der Waals surface area contributed by atoms with Crippen LogP contribution in [0.2, 0.25) is 0 Å². The molecule has 1 aromatic heterocycles. The van der Waals surface area contributed by atoms with Crippen molar-refractivity contribution in [3.05, 3.63) is 30.0 Å². The number of piperidine rings is 3. The lowest BCUT2D eigenvalue weighted by molar-refractivity contribution is 0.0720. The predicted molar refractivity (Wildman–Crippen MR) is 79.4 cm³/mol. The Morgan fingerprint density at radius 2 is 2.21 bits per heavy atom. The Labute approximate surface area is 117 Å². The lowest BCUT2D eigenvalue weighted by Gasteiger charge is -2.45. The van der Waals surface area contributed by atoms with E-state index < -0.39 is 0 Å². The summed E-state index contributed by atoms with van der Waals surface area (Å²) >= 11 is 1.59. The molecule has 0 amide bonds. The van der Waals surface area contributed by atoms with Gasteiger partial charge in [-0.2, -0.15) is 4.37 Å². The zero-order chi connectivity index (χ0) is 12.7. The molecule has 2 bridgehead atoms. The topological polar surface area (TPSA) is 28.2 Å². The average Bonchev–Trinajstić information content (AvgIpc) is 2.94. The lowest BCUT2D eigenvalue weighted by Crippen LogP contribution is -2.55. The zero-order valence-electron chi connectivity index (χ0n) is 11.0. The van der Waals surface area contributed by atoms with Crippen molar-refractivity contribution >= 4 is 21.6 Å². The Hall–Kier alpha value is -0.970. The Bertz CT molecular complexity index is 572. The normalized spacial score (nSPS) is 30.0. The summed E-state index contributed by atoms with van der Waals surface area (Å²) in [6.45, 7) is 4.86. The summed E-state index contributed by atoms with van der Waals surface area (Å²) < 4.78 is 5.54. The number of nitrogens with zero attached hydrogens (tertiary/aromatic N) is 2. The van der Waals surface area contributed by atoms with Crippen LogP contribution in [-0.4, -0.2) is 34.9 Å². The van der Waals surface area contributed by atoms with Crippen LogP contribution < -0.4 is 5.32 Å². The first-order valence-electron chi connectivity index (χ1n) is 7.17. The number of rotatable bonds is 3. The molecule has 0 radical (unpaired) electrons. The predicted octanol–water partition coefficient (Wildman–Crippen LogP) is 2.48. The molecule has 3 aliphatic heterocycles. The van der Waals surface area contributed by atoms with Gasteiger partial charge in [-0.3, -0.25) is 0 Å². The van der Waals surface area contributed by atoms with E-state index in [0.717, 1.165) is 12.5 Å². The molecule has 3 aliphatic rings. The van der Waals surface area contributed by atoms with E-state index in [-0.39, 0.29) is 0 Å². The standard InChI is InChI=1S/C15H19N3S/c1-2-13-9-17-19-15(13)7-11(1)8-16-14-10-18-5-3-12(14)4-6-18/h1-2,7,9,12,14,16H,3-6,8,10H2. The van der Waals surface area contributed by atoms with Gasteiger partial charge in [0.2, 0.25) is 0 Å². The Morgan fingerprint density at radius 3 is 3.00 bits per heavy atom. The first-order chi connectivity index (χ1) is 9.38. The van der Waals surface area contributed by atoms with Crippen LogP contribution in [-0.2, 0) is 6.54 Å². The van der Waals surface area contributed by atoms with Crippen molar-refractivity contribution in [3.63, 3.8) is 0 Å². The summed E-state index contributed by atoms with van der Waals surface area (Å²) in [4.78, 5) is 2.60. The number of nitrogens with one attached hydrogen (secondary N) is 1. The third-order valence-electron chi connectivity index (χ3n) is 4.65. The minimum atomic E-state index is 0.694. The summed E-state index contributed by atoms with van der Waals surface area (Å²) in [6, 6.07) is 7.39. The maximum absolute atomic E-state index is 4.24. The van der Waals surface area contributed by atoms with Crippen LogP contribution in [0.1, 0.15) is 18.4 Å². The monoisotopic (exact) mass is 273 g/mol. The summed E-state index contributed by atoms with van der Waals surface area (Å²) in [6.07, 6.45) is 4.71. The molecule has 0 spiro atoms. The smallest absolute Gasteiger partial charge is 0.0553 e. The summed E-state index contributed by atoms with van der Waals surface area (Å²) in [5, 5.41) is 5.03. The van der Waals surface area contributed by atoms with E-state index >= 15 is 0 Å². The van der Waals surface area contributed by atoms with Crippen LogP contribution in [0.15, 0.2) is 24.4 Å². The van der Waals surface area contributed by atoms with E-state index in [9.17, 15) is 0 Å². The molecule has 4 heterocycles. The van der Waals surface area contributed by atoms with Crippen molar-refractivity contribution in [1.29, 1.82) is 0 Å². The van der Waals surface area contributed by atoms with Crippen LogP contribution in [0.25, 0.3) is 10.1 Å². The van der Waals surface area contributed by atoms with E-state index in [2.05, 4.69) is 32.8 Å². The molecule has 0 aliphatic carbocycles. The van der Waals surface area contributed by atoms with Gasteiger partial charge in [0.25, 0.3) is 0 Å². The highest BCUT2D eigenvalue weighted by molar-refractivity contribution is 7.13.